The Kier molecular flexibility index (Phi) is 43.9. The fourth-order valence-corrected chi connectivity index (χ4v) is 20.0. The van der Waals surface area contributed by atoms with E-state index in [1.807, 2.05) is 0 Å². The number of hydrogen-bond acceptors (Lipinski definition) is 30. The molecule has 41 nitrogen and oxygen atoms in total. The summed E-state index contributed by atoms with van der Waals surface area (Å²) in [4.78, 5) is 183. The number of guanidine groups is 1. The Bertz CT molecular complexity index is 5070. The van der Waals surface area contributed by atoms with Crippen molar-refractivity contribution >= 4 is 201 Å². The van der Waals surface area contributed by atoms with Crippen LogP contribution in [0.1, 0.15) is 102 Å². The quantitative estimate of drug-likeness (QED) is 0.00462. The number of amides is 7. The second-order valence-electron chi connectivity index (χ2n) is 30.5. The number of anilines is 1. The topological polar surface area (TPSA) is 672 Å². The summed E-state index contributed by atoms with van der Waals surface area (Å²) in [6.07, 6.45) is -2.72. The monoisotopic (exact) mass is 1920 g/mol. The number of carboxylic acid groups (broad SMARTS) is 1. The van der Waals surface area contributed by atoms with E-state index >= 15 is 0 Å². The van der Waals surface area contributed by atoms with Crippen LogP contribution >= 0.6 is 45.6 Å². The van der Waals surface area contributed by atoms with Gasteiger partial charge in [0.1, 0.15) is 26.5 Å². The van der Waals surface area contributed by atoms with Gasteiger partial charge >= 0.3 is 5.97 Å². The zero-order valence-corrected chi connectivity index (χ0v) is 75.9. The molecule has 5 aromatic carbocycles. The van der Waals surface area contributed by atoms with Crippen molar-refractivity contribution in [2.75, 3.05) is 127 Å². The Labute approximate surface area is 757 Å². The summed E-state index contributed by atoms with van der Waals surface area (Å²) in [5, 5.41) is 39.5. The van der Waals surface area contributed by atoms with Crippen molar-refractivity contribution in [1.82, 2.24) is 53.2 Å². The van der Waals surface area contributed by atoms with Crippen molar-refractivity contribution in [2.24, 2.45) is 51.6 Å². The number of fused-ring (bicyclic) bond motifs is 5. The highest BCUT2D eigenvalue weighted by Gasteiger charge is 2.37. The molecule has 0 aromatic heterocycles. The highest BCUT2D eigenvalue weighted by Crippen LogP contribution is 2.45. The molecule has 2 saturated heterocycles. The Balaban J connectivity index is 1.09. The maximum Gasteiger partial charge on any atom is 0.304 e. The number of carbonyl (C=O) groups is 13. The second kappa shape index (κ2) is 53.2. The van der Waals surface area contributed by atoms with Gasteiger partial charge in [-0.2, -0.15) is 25.3 Å². The molecule has 0 radical (unpaired) electrons. The first-order chi connectivity index (χ1) is 60.8. The van der Waals surface area contributed by atoms with Gasteiger partial charge in [0.15, 0.2) is 34.2 Å². The van der Waals surface area contributed by atoms with Crippen molar-refractivity contribution < 1.29 is 116 Å². The average molecular weight is 1920 g/mol. The molecule has 2 heterocycles. The molecule has 2 fully saturated rings. The number of benzene rings is 5. The van der Waals surface area contributed by atoms with E-state index in [9.17, 15) is 106 Å². The fraction of sp³-hybridized carbons (Fsp3) is 0.537. The highest BCUT2D eigenvalue weighted by molar-refractivity contribution is 8.76. The number of thioether (sulfide) groups is 1. The molecule has 48 heteroatoms. The van der Waals surface area contributed by atoms with E-state index in [4.69, 9.17) is 44.6 Å². The molecule has 7 rings (SSSR count). The molecule has 0 unspecified atom stereocenters. The summed E-state index contributed by atoms with van der Waals surface area (Å²) >= 11 is 6.47. The summed E-state index contributed by atoms with van der Waals surface area (Å²) in [5.41, 5.74) is 22.7. The normalized spacial score (nSPS) is 19.1. The maximum absolute atomic E-state index is 15.0. The molecule has 0 aliphatic carbocycles. The summed E-state index contributed by atoms with van der Waals surface area (Å²) in [6.45, 7) is 3.25. The average Bonchev–Trinajstić information content (AvgIpc) is 0.705. The number of thiocarbonyl (C=S) groups is 1. The molecular weight excluding hydrogens is 1810 g/mol. The summed E-state index contributed by atoms with van der Waals surface area (Å²) in [5.74, 6) is -15.6. The standard InChI is InChI=1S/C80H112N16O25S7/c81-20-24-85-40-48(41-86-25-21-82)33-52(97)11-6-13-69(102)87-26-28-120-30-31-121-29-27-88-70(103)19-18-63(99)60-43-123-46-71(104)92-58(12-4-5-22-90-80(122)96-59-38-66(126(111,112)113)55-16-17-57-68(128(117,118)119)39-67(127(114,115)116)56-15-14-54(59)73(55)74(56)57)78(110)95-62-45-125-124-44-61(65(101)36-50(76(108)93-60)32-47-8-2-1-3-9-47)94-77(109)51(37-72(105)106)34-53(98)42-91-75(107)49(35-64(62)100)10-7-23-89-79(83)84/h1-3,8-9,14-17,38-39,48-51,58,60-62,85-86H,4-7,10-13,18-37,40-46,81-82H2,(H,87,102)(H,88,103)(H,91,107)(H,92,104)(H,93,108)(H,94,109)(H,95,110)(H,105,106)(H4,83,84,89)(H2,90,96,122)(H,111,112,113)(H,114,115,116)(H,117,118,119)/t49-,50-,51+,58+,60+,61+,62+/m1/s1. The summed E-state index contributed by atoms with van der Waals surface area (Å²) < 4.78 is 119. The van der Waals surface area contributed by atoms with Gasteiger partial charge in [0, 0.05) is 171 Å². The van der Waals surface area contributed by atoms with Crippen LogP contribution < -0.4 is 81.4 Å². The van der Waals surface area contributed by atoms with Crippen LogP contribution in [0.5, 0.6) is 0 Å². The first-order valence-corrected chi connectivity index (χ1v) is 49.7. The third-order valence-corrected chi connectivity index (χ3v) is 27.0. The second-order valence-corrected chi connectivity index (χ2v) is 38.7. The minimum absolute atomic E-state index is 0.000255. The van der Waals surface area contributed by atoms with E-state index in [1.165, 1.54) is 12.1 Å². The van der Waals surface area contributed by atoms with Crippen molar-refractivity contribution in [1.29, 1.82) is 0 Å². The van der Waals surface area contributed by atoms with Crippen molar-refractivity contribution in [2.45, 2.75) is 142 Å². The number of aliphatic carboxylic acids is 1. The van der Waals surface area contributed by atoms with E-state index in [-0.39, 0.29) is 188 Å². The molecule has 2 bridgehead atoms. The van der Waals surface area contributed by atoms with Crippen molar-refractivity contribution in [3.8, 4) is 0 Å². The van der Waals surface area contributed by atoms with Crippen LogP contribution in [-0.2, 0) is 109 Å². The molecule has 0 spiro atoms. The van der Waals surface area contributed by atoms with Crippen LogP contribution in [0.3, 0.4) is 0 Å². The van der Waals surface area contributed by atoms with Crippen LogP contribution in [-0.4, -0.2) is 277 Å². The van der Waals surface area contributed by atoms with E-state index in [2.05, 4.69) is 63.5 Å². The Morgan fingerprint density at radius 2 is 1.12 bits per heavy atom. The molecule has 5 aromatic rings. The van der Waals surface area contributed by atoms with E-state index in [0.717, 1.165) is 51.5 Å². The van der Waals surface area contributed by atoms with Gasteiger partial charge in [-0.3, -0.25) is 81.0 Å². The Morgan fingerprint density at radius 3 is 1.70 bits per heavy atom. The smallest absolute Gasteiger partial charge is 0.304 e. The molecule has 704 valence electrons. The van der Waals surface area contributed by atoms with Crippen LogP contribution in [0.25, 0.3) is 32.3 Å². The lowest BCUT2D eigenvalue weighted by molar-refractivity contribution is -0.142. The molecular formula is C80H112N16O25S7. The number of nitrogens with zero attached hydrogens (tertiary/aromatic N) is 1. The number of Topliss-reactive ketones (excluding diaryl/α,β-unsaturated/α-hetero) is 5. The third-order valence-electron chi connectivity index (χ3n) is 20.6. The molecule has 0 saturated carbocycles. The van der Waals surface area contributed by atoms with Gasteiger partial charge in [0.05, 0.1) is 69.2 Å². The van der Waals surface area contributed by atoms with Gasteiger partial charge in [0.2, 0.25) is 41.4 Å². The number of ether oxygens (including phenoxy) is 2. The third kappa shape index (κ3) is 35.6. The van der Waals surface area contributed by atoms with Gasteiger partial charge in [-0.25, -0.2) is 0 Å². The lowest BCUT2D eigenvalue weighted by Crippen LogP contribution is -2.53. The maximum atomic E-state index is 15.0. The molecule has 2 aliphatic rings. The molecule has 7 atom stereocenters. The fourth-order valence-electron chi connectivity index (χ4n) is 14.3. The summed E-state index contributed by atoms with van der Waals surface area (Å²) in [7, 11) is -13.8. The van der Waals surface area contributed by atoms with Crippen molar-refractivity contribution in [3.05, 3.63) is 72.3 Å². The number of nitrogens with two attached hydrogens (primary N) is 4. The first kappa shape index (κ1) is 106. The number of carbonyl (C=O) groups excluding carboxylic acids is 12. The minimum atomic E-state index is -5.24. The molecule has 7 amide bonds. The van der Waals surface area contributed by atoms with E-state index < -0.39 is 202 Å². The van der Waals surface area contributed by atoms with Crippen LogP contribution in [0.2, 0.25) is 0 Å². The lowest BCUT2D eigenvalue weighted by atomic mass is 9.90. The lowest BCUT2D eigenvalue weighted by Gasteiger charge is -2.26. The van der Waals surface area contributed by atoms with Gasteiger partial charge in [-0.1, -0.05) is 76.2 Å². The summed E-state index contributed by atoms with van der Waals surface area (Å²) in [6, 6.07) is 8.63. The number of rotatable bonds is 44. The van der Waals surface area contributed by atoms with Gasteiger partial charge in [-0.15, -0.1) is 11.8 Å². The van der Waals surface area contributed by atoms with Gasteiger partial charge < -0.3 is 96.0 Å². The number of carboxylic acids is 1. The van der Waals surface area contributed by atoms with Crippen LogP contribution in [0.15, 0.2) is 86.4 Å². The largest absolute Gasteiger partial charge is 0.481 e. The Morgan fingerprint density at radius 1 is 0.570 bits per heavy atom. The van der Waals surface area contributed by atoms with E-state index in [0.29, 0.717) is 63.7 Å². The number of hydrogen-bond donors (Lipinski definition) is 19. The Hall–Kier alpha value is -9.25. The molecule has 2 aliphatic heterocycles. The van der Waals surface area contributed by atoms with Gasteiger partial charge in [0.25, 0.3) is 30.4 Å². The SMILES string of the molecule is NCCNCC(CNCCN)CC(=O)CCCC(=O)NCCOCCOCCNC(=O)CCC(=O)[C@@H]1CSCC(=O)N[C@@H](CCCCNC(=S)Nc2cc(S(=O)(=O)O)c3ccc4c(S(=O)(=O)O)cc(S(=O)(=O)O)c5ccc2c3c54)C(=O)N[C@H]2CSSC[C@H](NC(=O)[C@H](CC(=O)O)CC(=O)CNC(=O)[C@H](CCCN=C(N)N)CC2=O)C(=O)C[C@@H](Cc2ccccc2)C(=O)N1. The zero-order chi connectivity index (χ0) is 93.7. The number of unbranched alkanes of at least 4 members (excludes halogenated alkanes) is 1. The first-order valence-electron chi connectivity index (χ1n) is 41.3. The highest BCUT2D eigenvalue weighted by atomic mass is 33.1. The predicted molar refractivity (Wildman–Crippen MR) is 485 cm³/mol. The van der Waals surface area contributed by atoms with Gasteiger partial charge in [-0.05, 0) is 93.9 Å². The van der Waals surface area contributed by atoms with Crippen LogP contribution in [0.4, 0.5) is 5.69 Å². The number of ketones is 5. The molecule has 128 heavy (non-hydrogen) atoms. The van der Waals surface area contributed by atoms with Crippen molar-refractivity contribution in [3.63, 3.8) is 0 Å². The van der Waals surface area contributed by atoms with Crippen LogP contribution in [0, 0.1) is 23.7 Å². The van der Waals surface area contributed by atoms with E-state index in [1.54, 1.807) is 30.3 Å². The predicted octanol–water partition coefficient (Wildman–Crippen LogP) is -0.0676. The zero-order valence-electron chi connectivity index (χ0n) is 70.2. The number of nitrogens with one attached hydrogen (secondary N) is 11. The minimum Gasteiger partial charge on any atom is -0.481 e. The molecule has 23 N–H and O–H groups in total. The number of aliphatic imine (C=N–C) groups is 1.